The molecule has 0 radical (unpaired) electrons. The minimum Gasteiger partial charge on any atom is -0.399 e. The van der Waals surface area contributed by atoms with Crippen LogP contribution in [-0.4, -0.2) is 43.3 Å². The molecule has 2 N–H and O–H groups in total. The summed E-state index contributed by atoms with van der Waals surface area (Å²) in [6.45, 7) is 3.97. The van der Waals surface area contributed by atoms with Gasteiger partial charge in [-0.3, -0.25) is 4.79 Å². The number of carbonyl (C=O) groups is 1. The monoisotopic (exact) mass is 294 g/mol. The fraction of sp³-hybridized carbons (Fsp3) is 0.357. The van der Waals surface area contributed by atoms with Crippen LogP contribution in [0.3, 0.4) is 0 Å². The van der Waals surface area contributed by atoms with Gasteiger partial charge in [0.1, 0.15) is 0 Å². The highest BCUT2D eigenvalue weighted by Gasteiger charge is 2.34. The van der Waals surface area contributed by atoms with Crippen molar-refractivity contribution in [2.45, 2.75) is 12.5 Å². The van der Waals surface area contributed by atoms with Gasteiger partial charge in [-0.15, -0.1) is 6.58 Å². The summed E-state index contributed by atoms with van der Waals surface area (Å²) < 4.78 is 23.1. The van der Waals surface area contributed by atoms with Gasteiger partial charge in [-0.25, -0.2) is 8.42 Å². The van der Waals surface area contributed by atoms with E-state index in [2.05, 4.69) is 6.58 Å². The normalized spacial score (nSPS) is 20.5. The molecule has 108 valence electrons. The van der Waals surface area contributed by atoms with Crippen LogP contribution in [0.4, 0.5) is 5.69 Å². The molecular weight excluding hydrogens is 276 g/mol. The van der Waals surface area contributed by atoms with Crippen LogP contribution in [0.5, 0.6) is 0 Å². The third kappa shape index (κ3) is 3.19. The first-order valence-electron chi connectivity index (χ1n) is 6.41. The van der Waals surface area contributed by atoms with Crippen molar-refractivity contribution in [1.29, 1.82) is 0 Å². The van der Waals surface area contributed by atoms with Crippen LogP contribution in [0.2, 0.25) is 0 Å². The molecule has 1 unspecified atom stereocenters. The molecule has 20 heavy (non-hydrogen) atoms. The molecule has 6 heteroatoms. The van der Waals surface area contributed by atoms with E-state index in [0.717, 1.165) is 0 Å². The van der Waals surface area contributed by atoms with Crippen LogP contribution in [0.25, 0.3) is 0 Å². The molecule has 1 aromatic rings. The molecule has 1 aliphatic rings. The summed E-state index contributed by atoms with van der Waals surface area (Å²) in [6.07, 6.45) is 2.09. The van der Waals surface area contributed by atoms with Crippen molar-refractivity contribution in [1.82, 2.24) is 4.90 Å². The van der Waals surface area contributed by atoms with Crippen molar-refractivity contribution in [2.24, 2.45) is 0 Å². The average molecular weight is 294 g/mol. The number of nitrogens with two attached hydrogens (primary N) is 1. The molecule has 5 nitrogen and oxygen atoms in total. The maximum Gasteiger partial charge on any atom is 0.254 e. The Bertz CT molecular complexity index is 608. The number of nitrogens with zero attached hydrogens (tertiary/aromatic N) is 1. The molecule has 0 spiro atoms. The molecule has 1 atom stereocenters. The Morgan fingerprint density at radius 2 is 2.05 bits per heavy atom. The van der Waals surface area contributed by atoms with E-state index in [0.29, 0.717) is 24.2 Å². The van der Waals surface area contributed by atoms with E-state index in [4.69, 9.17) is 5.73 Å². The molecule has 1 aliphatic heterocycles. The highest BCUT2D eigenvalue weighted by molar-refractivity contribution is 7.91. The molecule has 0 aliphatic carbocycles. The number of hydrogen-bond acceptors (Lipinski definition) is 4. The molecule has 0 bridgehead atoms. The first-order valence-corrected chi connectivity index (χ1v) is 8.23. The summed E-state index contributed by atoms with van der Waals surface area (Å²) in [4.78, 5) is 14.1. The molecule has 1 amide bonds. The van der Waals surface area contributed by atoms with Crippen LogP contribution >= 0.6 is 0 Å². The Hall–Kier alpha value is -1.82. The second-order valence-electron chi connectivity index (χ2n) is 4.93. The molecule has 2 rings (SSSR count). The fourth-order valence-corrected chi connectivity index (χ4v) is 4.08. The molecular formula is C14H18N2O3S. The molecule has 1 saturated heterocycles. The number of anilines is 1. The zero-order valence-electron chi connectivity index (χ0n) is 11.2. The van der Waals surface area contributed by atoms with Crippen LogP contribution in [-0.2, 0) is 9.84 Å². The zero-order chi connectivity index (χ0) is 14.8. The van der Waals surface area contributed by atoms with Gasteiger partial charge in [0.05, 0.1) is 11.5 Å². The third-order valence-electron chi connectivity index (χ3n) is 3.39. The first-order chi connectivity index (χ1) is 9.43. The highest BCUT2D eigenvalue weighted by atomic mass is 32.2. The zero-order valence-corrected chi connectivity index (χ0v) is 12.0. The lowest BCUT2D eigenvalue weighted by Gasteiger charge is -2.27. The third-order valence-corrected chi connectivity index (χ3v) is 5.14. The lowest BCUT2D eigenvalue weighted by atomic mass is 10.1. The van der Waals surface area contributed by atoms with E-state index in [1.165, 1.54) is 0 Å². The van der Waals surface area contributed by atoms with Crippen molar-refractivity contribution < 1.29 is 13.2 Å². The van der Waals surface area contributed by atoms with Crippen molar-refractivity contribution in [3.63, 3.8) is 0 Å². The summed E-state index contributed by atoms with van der Waals surface area (Å²) in [5.74, 6) is -0.0194. The van der Waals surface area contributed by atoms with E-state index < -0.39 is 9.84 Å². The van der Waals surface area contributed by atoms with Crippen molar-refractivity contribution in [3.05, 3.63) is 42.5 Å². The Morgan fingerprint density at radius 3 is 2.55 bits per heavy atom. The summed E-state index contributed by atoms with van der Waals surface area (Å²) >= 11 is 0. The van der Waals surface area contributed by atoms with Crippen molar-refractivity contribution in [3.8, 4) is 0 Å². The van der Waals surface area contributed by atoms with E-state index in [9.17, 15) is 13.2 Å². The molecule has 0 saturated carbocycles. The predicted molar refractivity (Wildman–Crippen MR) is 79.1 cm³/mol. The van der Waals surface area contributed by atoms with Gasteiger partial charge in [0, 0.05) is 23.8 Å². The van der Waals surface area contributed by atoms with Crippen molar-refractivity contribution in [2.75, 3.05) is 23.8 Å². The number of nitrogen functional groups attached to an aromatic ring is 1. The quantitative estimate of drug-likeness (QED) is 0.665. The van der Waals surface area contributed by atoms with E-state index in [1.807, 2.05) is 0 Å². The van der Waals surface area contributed by atoms with Gasteiger partial charge in [0.2, 0.25) is 0 Å². The molecule has 0 aromatic heterocycles. The van der Waals surface area contributed by atoms with Gasteiger partial charge in [0.25, 0.3) is 5.91 Å². The number of hydrogen-bond donors (Lipinski definition) is 1. The number of amides is 1. The molecule has 1 fully saturated rings. The van der Waals surface area contributed by atoms with Crippen LogP contribution < -0.4 is 5.73 Å². The minimum atomic E-state index is -3.03. The fourth-order valence-electron chi connectivity index (χ4n) is 2.35. The maximum atomic E-state index is 12.5. The lowest BCUT2D eigenvalue weighted by molar-refractivity contribution is 0.0720. The van der Waals surface area contributed by atoms with Crippen LogP contribution in [0, 0.1) is 0 Å². The molecule has 1 aromatic carbocycles. The lowest BCUT2D eigenvalue weighted by Crippen LogP contribution is -2.41. The van der Waals surface area contributed by atoms with Gasteiger partial charge < -0.3 is 10.6 Å². The summed E-state index contributed by atoms with van der Waals surface area (Å²) in [6, 6.07) is 6.34. The Kier molecular flexibility index (Phi) is 4.13. The van der Waals surface area contributed by atoms with E-state index in [-0.39, 0.29) is 23.5 Å². The van der Waals surface area contributed by atoms with Gasteiger partial charge in [-0.2, -0.15) is 0 Å². The Balaban J connectivity index is 2.22. The SMILES string of the molecule is C=CCN(C(=O)c1ccc(N)cc1)C1CCS(=O)(=O)C1. The number of sulfone groups is 1. The second kappa shape index (κ2) is 5.66. The minimum absolute atomic E-state index is 0.0293. The first kappa shape index (κ1) is 14.6. The van der Waals surface area contributed by atoms with E-state index in [1.54, 1.807) is 35.2 Å². The highest BCUT2D eigenvalue weighted by Crippen LogP contribution is 2.20. The van der Waals surface area contributed by atoms with Gasteiger partial charge in [-0.05, 0) is 30.7 Å². The van der Waals surface area contributed by atoms with E-state index >= 15 is 0 Å². The number of carbonyl (C=O) groups excluding carboxylic acids is 1. The summed E-state index contributed by atoms with van der Waals surface area (Å²) in [7, 11) is -3.03. The van der Waals surface area contributed by atoms with Crippen LogP contribution in [0.1, 0.15) is 16.8 Å². The topological polar surface area (TPSA) is 80.5 Å². The van der Waals surface area contributed by atoms with Crippen LogP contribution in [0.15, 0.2) is 36.9 Å². The largest absolute Gasteiger partial charge is 0.399 e. The maximum absolute atomic E-state index is 12.5. The summed E-state index contributed by atoms with van der Waals surface area (Å²) in [5.41, 5.74) is 6.69. The second-order valence-corrected chi connectivity index (χ2v) is 7.15. The van der Waals surface area contributed by atoms with Crippen molar-refractivity contribution >= 4 is 21.4 Å². The number of benzene rings is 1. The smallest absolute Gasteiger partial charge is 0.254 e. The van der Waals surface area contributed by atoms with Gasteiger partial charge in [0.15, 0.2) is 9.84 Å². The standard InChI is InChI=1S/C14H18N2O3S/c1-2-8-16(13-7-9-20(18,19)10-13)14(17)11-3-5-12(15)6-4-11/h2-6,13H,1,7-10,15H2. The Labute approximate surface area is 119 Å². The molecule has 1 heterocycles. The predicted octanol–water partition coefficient (Wildman–Crippen LogP) is 1.08. The summed E-state index contributed by atoms with van der Waals surface area (Å²) in [5, 5.41) is 0. The van der Waals surface area contributed by atoms with Gasteiger partial charge in [-0.1, -0.05) is 6.08 Å². The average Bonchev–Trinajstić information content (AvgIpc) is 2.76. The number of rotatable bonds is 4. The Morgan fingerprint density at radius 1 is 1.40 bits per heavy atom. The van der Waals surface area contributed by atoms with Gasteiger partial charge >= 0.3 is 0 Å².